The molecule has 6 heteroatoms. The van der Waals surface area contributed by atoms with Crippen LogP contribution >= 0.6 is 0 Å². The summed E-state index contributed by atoms with van der Waals surface area (Å²) in [6, 6.07) is 15.1. The van der Waals surface area contributed by atoms with Crippen LogP contribution in [0.1, 0.15) is 29.8 Å². The second-order valence-electron chi connectivity index (χ2n) is 6.92. The molecular weight excluding hydrogens is 378 g/mol. The molecule has 1 N–H and O–H groups in total. The maximum Gasteiger partial charge on any atom is 0.252 e. The zero-order chi connectivity index (χ0) is 21.3. The zero-order valence-electron chi connectivity index (χ0n) is 17.9. The van der Waals surface area contributed by atoms with Crippen LogP contribution in [0.4, 0.5) is 0 Å². The first-order chi connectivity index (χ1) is 14.7. The van der Waals surface area contributed by atoms with Crippen molar-refractivity contribution < 1.29 is 14.3 Å². The summed E-state index contributed by atoms with van der Waals surface area (Å²) >= 11 is 0. The molecule has 158 valence electrons. The summed E-state index contributed by atoms with van der Waals surface area (Å²) in [6.07, 6.45) is 1.66. The maximum absolute atomic E-state index is 12.7. The molecular formula is C24H29N3O3. The molecule has 0 spiro atoms. The lowest BCUT2D eigenvalue weighted by molar-refractivity contribution is 0.0952. The first-order valence-electron chi connectivity index (χ1n) is 10.3. The number of likely N-dealkylation sites (N-methyl/N-ethyl adjacent to an activating group) is 1. The first-order valence-corrected chi connectivity index (χ1v) is 10.3. The Bertz CT molecular complexity index is 981. The van der Waals surface area contributed by atoms with Crippen molar-refractivity contribution in [1.82, 2.24) is 15.2 Å². The highest BCUT2D eigenvalue weighted by atomic mass is 16.5. The quantitative estimate of drug-likeness (QED) is 0.552. The highest BCUT2D eigenvalue weighted by Crippen LogP contribution is 2.28. The highest BCUT2D eigenvalue weighted by molar-refractivity contribution is 6.05. The first kappa shape index (κ1) is 21.6. The van der Waals surface area contributed by atoms with Crippen molar-refractivity contribution in [3.63, 3.8) is 0 Å². The van der Waals surface area contributed by atoms with Gasteiger partial charge in [0.25, 0.3) is 5.91 Å². The average Bonchev–Trinajstić information content (AvgIpc) is 2.80. The minimum Gasteiger partial charge on any atom is -0.493 e. The van der Waals surface area contributed by atoms with Gasteiger partial charge in [0.15, 0.2) is 11.5 Å². The normalized spacial score (nSPS) is 10.9. The van der Waals surface area contributed by atoms with Crippen molar-refractivity contribution in [3.05, 3.63) is 65.9 Å². The van der Waals surface area contributed by atoms with Crippen LogP contribution in [0, 0.1) is 0 Å². The Balaban J connectivity index is 1.63. The van der Waals surface area contributed by atoms with E-state index in [1.165, 1.54) is 0 Å². The van der Waals surface area contributed by atoms with E-state index < -0.39 is 0 Å². The van der Waals surface area contributed by atoms with E-state index in [1.807, 2.05) is 42.5 Å². The van der Waals surface area contributed by atoms with Gasteiger partial charge in [0.2, 0.25) is 0 Å². The Morgan fingerprint density at radius 3 is 2.63 bits per heavy atom. The summed E-state index contributed by atoms with van der Waals surface area (Å²) < 4.78 is 11.4. The topological polar surface area (TPSA) is 63.7 Å². The monoisotopic (exact) mass is 407 g/mol. The van der Waals surface area contributed by atoms with Crippen LogP contribution in [0.2, 0.25) is 0 Å². The third kappa shape index (κ3) is 5.27. The predicted octanol–water partition coefficient (Wildman–Crippen LogP) is 3.89. The molecule has 0 aliphatic carbocycles. The van der Waals surface area contributed by atoms with Crippen molar-refractivity contribution in [3.8, 4) is 11.5 Å². The molecule has 3 rings (SSSR count). The molecule has 0 aliphatic rings. The molecule has 0 fully saturated rings. The molecule has 0 aliphatic heterocycles. The molecule has 0 saturated carbocycles. The summed E-state index contributed by atoms with van der Waals surface area (Å²) in [6.45, 7) is 8.15. The SMILES string of the molecule is CCN(CC)CCOc1ccc(CNC(=O)c2ccnc3ccccc23)cc1OC. The van der Waals surface area contributed by atoms with Gasteiger partial charge in [0.1, 0.15) is 6.61 Å². The third-order valence-corrected chi connectivity index (χ3v) is 5.13. The lowest BCUT2D eigenvalue weighted by Crippen LogP contribution is -2.28. The number of ether oxygens (including phenoxy) is 2. The summed E-state index contributed by atoms with van der Waals surface area (Å²) in [5, 5.41) is 3.82. The summed E-state index contributed by atoms with van der Waals surface area (Å²) in [5.74, 6) is 1.24. The number of hydrogen-bond donors (Lipinski definition) is 1. The van der Waals surface area contributed by atoms with Crippen molar-refractivity contribution in [2.75, 3.05) is 33.4 Å². The number of para-hydroxylation sites is 1. The Hall–Kier alpha value is -3.12. The summed E-state index contributed by atoms with van der Waals surface area (Å²) in [4.78, 5) is 19.3. The summed E-state index contributed by atoms with van der Waals surface area (Å²) in [7, 11) is 1.62. The number of aromatic nitrogens is 1. The molecule has 1 heterocycles. The molecule has 0 radical (unpaired) electrons. The minimum atomic E-state index is -0.132. The fraction of sp³-hybridized carbons (Fsp3) is 0.333. The lowest BCUT2D eigenvalue weighted by atomic mass is 10.1. The second kappa shape index (κ2) is 10.6. The highest BCUT2D eigenvalue weighted by Gasteiger charge is 2.11. The molecule has 30 heavy (non-hydrogen) atoms. The number of rotatable bonds is 10. The van der Waals surface area contributed by atoms with E-state index in [9.17, 15) is 4.79 Å². The van der Waals surface area contributed by atoms with E-state index in [4.69, 9.17) is 9.47 Å². The number of fused-ring (bicyclic) bond motifs is 1. The van der Waals surface area contributed by atoms with Crippen LogP contribution in [0.5, 0.6) is 11.5 Å². The Labute approximate surface area is 177 Å². The van der Waals surface area contributed by atoms with Gasteiger partial charge in [-0.25, -0.2) is 0 Å². The Morgan fingerprint density at radius 2 is 1.87 bits per heavy atom. The number of carbonyl (C=O) groups excluding carboxylic acids is 1. The van der Waals surface area contributed by atoms with Gasteiger partial charge in [0, 0.05) is 24.7 Å². The standard InChI is InChI=1S/C24H29N3O3/c1-4-27(5-2)14-15-30-22-11-10-18(16-23(22)29-3)17-26-24(28)20-12-13-25-21-9-7-6-8-19(20)21/h6-13,16H,4-5,14-15,17H2,1-3H3,(H,26,28). The lowest BCUT2D eigenvalue weighted by Gasteiger charge is -2.19. The largest absolute Gasteiger partial charge is 0.493 e. The van der Waals surface area contributed by atoms with Crippen LogP contribution in [0.15, 0.2) is 54.7 Å². The molecule has 2 aromatic carbocycles. The number of hydrogen-bond acceptors (Lipinski definition) is 5. The van der Waals surface area contributed by atoms with Crippen molar-refractivity contribution >= 4 is 16.8 Å². The van der Waals surface area contributed by atoms with Gasteiger partial charge in [-0.1, -0.05) is 38.1 Å². The number of methoxy groups -OCH3 is 1. The van der Waals surface area contributed by atoms with E-state index in [1.54, 1.807) is 19.4 Å². The van der Waals surface area contributed by atoms with E-state index in [0.29, 0.717) is 30.2 Å². The second-order valence-corrected chi connectivity index (χ2v) is 6.92. The molecule has 1 aromatic heterocycles. The van der Waals surface area contributed by atoms with E-state index in [-0.39, 0.29) is 5.91 Å². The predicted molar refractivity (Wildman–Crippen MR) is 119 cm³/mol. The van der Waals surface area contributed by atoms with Gasteiger partial charge in [0.05, 0.1) is 18.2 Å². The van der Waals surface area contributed by atoms with Gasteiger partial charge < -0.3 is 19.7 Å². The van der Waals surface area contributed by atoms with E-state index in [0.717, 1.165) is 36.1 Å². The van der Waals surface area contributed by atoms with E-state index >= 15 is 0 Å². The molecule has 0 unspecified atom stereocenters. The van der Waals surface area contributed by atoms with Crippen LogP contribution in [0.3, 0.4) is 0 Å². The van der Waals surface area contributed by atoms with Crippen LogP contribution < -0.4 is 14.8 Å². The number of nitrogens with zero attached hydrogens (tertiary/aromatic N) is 2. The van der Waals surface area contributed by atoms with Gasteiger partial charge >= 0.3 is 0 Å². The molecule has 0 saturated heterocycles. The smallest absolute Gasteiger partial charge is 0.252 e. The van der Waals surface area contributed by atoms with Gasteiger partial charge in [-0.05, 0) is 42.9 Å². The van der Waals surface area contributed by atoms with Crippen LogP contribution in [-0.4, -0.2) is 49.1 Å². The van der Waals surface area contributed by atoms with Crippen molar-refractivity contribution in [1.29, 1.82) is 0 Å². The van der Waals surface area contributed by atoms with Gasteiger partial charge in [-0.3, -0.25) is 9.78 Å². The Morgan fingerprint density at radius 1 is 1.07 bits per heavy atom. The van der Waals surface area contributed by atoms with E-state index in [2.05, 4.69) is 29.0 Å². The minimum absolute atomic E-state index is 0.132. The number of carbonyl (C=O) groups is 1. The van der Waals surface area contributed by atoms with Crippen LogP contribution in [-0.2, 0) is 6.54 Å². The van der Waals surface area contributed by atoms with Gasteiger partial charge in [-0.2, -0.15) is 0 Å². The average molecular weight is 408 g/mol. The third-order valence-electron chi connectivity index (χ3n) is 5.13. The zero-order valence-corrected chi connectivity index (χ0v) is 17.9. The van der Waals surface area contributed by atoms with Crippen molar-refractivity contribution in [2.24, 2.45) is 0 Å². The number of pyridine rings is 1. The van der Waals surface area contributed by atoms with Crippen molar-refractivity contribution in [2.45, 2.75) is 20.4 Å². The maximum atomic E-state index is 12.7. The number of amides is 1. The number of benzene rings is 2. The molecule has 3 aromatic rings. The molecule has 6 nitrogen and oxygen atoms in total. The molecule has 0 atom stereocenters. The molecule has 0 bridgehead atoms. The van der Waals surface area contributed by atoms with Gasteiger partial charge in [-0.15, -0.1) is 0 Å². The summed E-state index contributed by atoms with van der Waals surface area (Å²) in [5.41, 5.74) is 2.36. The number of nitrogens with one attached hydrogen (secondary N) is 1. The Kier molecular flexibility index (Phi) is 7.63. The fourth-order valence-corrected chi connectivity index (χ4v) is 3.34. The fourth-order valence-electron chi connectivity index (χ4n) is 3.34. The molecule has 1 amide bonds. The van der Waals surface area contributed by atoms with Crippen LogP contribution in [0.25, 0.3) is 10.9 Å².